The number of nitrogens with two attached hydrogens (primary N) is 2. The minimum absolute atomic E-state index is 0.104. The molecule has 1 atom stereocenters. The summed E-state index contributed by atoms with van der Waals surface area (Å²) in [7, 11) is 0. The summed E-state index contributed by atoms with van der Waals surface area (Å²) < 4.78 is 14.2. The molecule has 0 amide bonds. The number of hydrogen-bond donors (Lipinski definition) is 2. The van der Waals surface area contributed by atoms with Crippen LogP contribution in [0.4, 0.5) is 15.8 Å². The third-order valence-corrected chi connectivity index (χ3v) is 5.37. The van der Waals surface area contributed by atoms with Crippen molar-refractivity contribution in [3.8, 4) is 11.3 Å². The van der Waals surface area contributed by atoms with Crippen molar-refractivity contribution in [2.24, 2.45) is 5.73 Å². The summed E-state index contributed by atoms with van der Waals surface area (Å²) in [4.78, 5) is 23.9. The van der Waals surface area contributed by atoms with Gasteiger partial charge >= 0.3 is 0 Å². The maximum absolute atomic E-state index is 14.2. The summed E-state index contributed by atoms with van der Waals surface area (Å²) in [6, 6.07) is 11.6. The van der Waals surface area contributed by atoms with Gasteiger partial charge in [-0.15, -0.1) is 0 Å². The summed E-state index contributed by atoms with van der Waals surface area (Å²) in [5, 5.41) is 0. The molecule has 7 heteroatoms. The topological polar surface area (TPSA) is 98.1 Å². The first kappa shape index (κ1) is 20.0. The SMILES string of the molecule is Nc1ccc(-c2ccccc2F)nc1C(=O)Cc1cnccc1N1CCC[C@@H](N)C1. The molecule has 1 aliphatic heterocycles. The number of Topliss-reactive ketones (excluding diaryl/α,β-unsaturated/α-hetero) is 1. The third-order valence-electron chi connectivity index (χ3n) is 5.37. The Morgan fingerprint density at radius 3 is 2.83 bits per heavy atom. The molecule has 0 saturated carbocycles. The first-order valence-electron chi connectivity index (χ1n) is 10.0. The van der Waals surface area contributed by atoms with E-state index in [9.17, 15) is 9.18 Å². The van der Waals surface area contributed by atoms with Crippen LogP contribution < -0.4 is 16.4 Å². The van der Waals surface area contributed by atoms with E-state index in [1.807, 2.05) is 6.07 Å². The Bertz CT molecular complexity index is 1070. The second kappa shape index (κ2) is 8.59. The van der Waals surface area contributed by atoms with E-state index in [-0.39, 0.29) is 29.6 Å². The number of anilines is 2. The predicted molar refractivity (Wildman–Crippen MR) is 116 cm³/mol. The van der Waals surface area contributed by atoms with E-state index in [0.29, 0.717) is 11.3 Å². The van der Waals surface area contributed by atoms with Crippen LogP contribution >= 0.6 is 0 Å². The van der Waals surface area contributed by atoms with E-state index in [0.717, 1.165) is 37.2 Å². The quantitative estimate of drug-likeness (QED) is 0.633. The molecular formula is C23H24FN5O. The Morgan fingerprint density at radius 2 is 2.03 bits per heavy atom. The number of pyridine rings is 2. The fraction of sp³-hybridized carbons (Fsp3) is 0.261. The highest BCUT2D eigenvalue weighted by Crippen LogP contribution is 2.27. The van der Waals surface area contributed by atoms with Crippen molar-refractivity contribution >= 4 is 17.2 Å². The molecule has 6 nitrogen and oxygen atoms in total. The molecule has 1 aliphatic rings. The van der Waals surface area contributed by atoms with Gasteiger partial charge in [-0.05, 0) is 43.2 Å². The Balaban J connectivity index is 1.62. The average Bonchev–Trinajstić information content (AvgIpc) is 2.75. The maximum Gasteiger partial charge on any atom is 0.187 e. The standard InChI is InChI=1S/C23H24FN5O/c24-18-6-2-1-5-17(18)20-8-7-19(26)23(28-20)22(30)12-15-13-27-10-9-21(15)29-11-3-4-16(25)14-29/h1-2,5-10,13,16H,3-4,11-12,14,25-26H2/t16-/m1/s1. The number of nitrogen functional groups attached to an aromatic ring is 1. The first-order valence-corrected chi connectivity index (χ1v) is 10.0. The number of aromatic nitrogens is 2. The van der Waals surface area contributed by atoms with Gasteiger partial charge in [0.05, 0.1) is 11.4 Å². The molecule has 1 fully saturated rings. The van der Waals surface area contributed by atoms with Crippen molar-refractivity contribution in [3.63, 3.8) is 0 Å². The van der Waals surface area contributed by atoms with Crippen LogP contribution in [-0.2, 0) is 6.42 Å². The highest BCUT2D eigenvalue weighted by atomic mass is 19.1. The van der Waals surface area contributed by atoms with Crippen LogP contribution in [0.5, 0.6) is 0 Å². The van der Waals surface area contributed by atoms with E-state index in [1.165, 1.54) is 6.07 Å². The molecule has 154 valence electrons. The fourth-order valence-corrected chi connectivity index (χ4v) is 3.86. The molecule has 1 saturated heterocycles. The average molecular weight is 405 g/mol. The number of ketones is 1. The van der Waals surface area contributed by atoms with Crippen LogP contribution in [0.15, 0.2) is 54.9 Å². The maximum atomic E-state index is 14.2. The van der Waals surface area contributed by atoms with Crippen molar-refractivity contribution in [3.05, 3.63) is 71.9 Å². The van der Waals surface area contributed by atoms with Gasteiger partial charge < -0.3 is 16.4 Å². The smallest absolute Gasteiger partial charge is 0.187 e. The monoisotopic (exact) mass is 405 g/mol. The second-order valence-corrected chi connectivity index (χ2v) is 7.57. The molecule has 4 N–H and O–H groups in total. The Labute approximate surface area is 174 Å². The van der Waals surface area contributed by atoms with Gasteiger partial charge in [0.2, 0.25) is 0 Å². The molecule has 0 bridgehead atoms. The van der Waals surface area contributed by atoms with Gasteiger partial charge in [-0.25, -0.2) is 9.37 Å². The summed E-state index contributed by atoms with van der Waals surface area (Å²) in [6.07, 6.45) is 5.53. The second-order valence-electron chi connectivity index (χ2n) is 7.57. The van der Waals surface area contributed by atoms with Crippen molar-refractivity contribution in [1.82, 2.24) is 9.97 Å². The van der Waals surface area contributed by atoms with Gasteiger partial charge in [-0.2, -0.15) is 0 Å². The molecule has 3 aromatic rings. The van der Waals surface area contributed by atoms with Crippen LogP contribution in [0.1, 0.15) is 28.9 Å². The highest BCUT2D eigenvalue weighted by Gasteiger charge is 2.22. The number of halogens is 1. The summed E-state index contributed by atoms with van der Waals surface area (Å²) in [6.45, 7) is 1.64. The van der Waals surface area contributed by atoms with E-state index < -0.39 is 5.82 Å². The van der Waals surface area contributed by atoms with Crippen LogP contribution in [0.25, 0.3) is 11.3 Å². The van der Waals surface area contributed by atoms with Gasteiger partial charge in [-0.3, -0.25) is 9.78 Å². The highest BCUT2D eigenvalue weighted by molar-refractivity contribution is 6.01. The molecule has 0 spiro atoms. The lowest BCUT2D eigenvalue weighted by atomic mass is 10.0. The number of benzene rings is 1. The summed E-state index contributed by atoms with van der Waals surface area (Å²) in [5.41, 5.74) is 15.0. The summed E-state index contributed by atoms with van der Waals surface area (Å²) in [5.74, 6) is -0.634. The number of piperidine rings is 1. The molecular weight excluding hydrogens is 381 g/mol. The molecule has 4 rings (SSSR count). The Kier molecular flexibility index (Phi) is 5.72. The normalized spacial score (nSPS) is 16.5. The minimum Gasteiger partial charge on any atom is -0.397 e. The number of nitrogens with zero attached hydrogens (tertiary/aromatic N) is 3. The molecule has 0 radical (unpaired) electrons. The van der Waals surface area contributed by atoms with Crippen molar-refractivity contribution in [1.29, 1.82) is 0 Å². The van der Waals surface area contributed by atoms with Crippen LogP contribution in [-0.4, -0.2) is 34.9 Å². The number of carbonyl (C=O) groups excluding carboxylic acids is 1. The third kappa shape index (κ3) is 4.16. The minimum atomic E-state index is -0.399. The van der Waals surface area contributed by atoms with Gasteiger partial charge in [0.1, 0.15) is 11.5 Å². The zero-order valence-corrected chi connectivity index (χ0v) is 16.6. The zero-order valence-electron chi connectivity index (χ0n) is 16.6. The van der Waals surface area contributed by atoms with E-state index in [2.05, 4.69) is 14.9 Å². The van der Waals surface area contributed by atoms with Gasteiger partial charge in [0.25, 0.3) is 0 Å². The number of hydrogen-bond acceptors (Lipinski definition) is 6. The first-order chi connectivity index (χ1) is 14.5. The van der Waals surface area contributed by atoms with Crippen LogP contribution in [0.3, 0.4) is 0 Å². The Morgan fingerprint density at radius 1 is 1.20 bits per heavy atom. The fourth-order valence-electron chi connectivity index (χ4n) is 3.86. The van der Waals surface area contributed by atoms with Crippen LogP contribution in [0, 0.1) is 5.82 Å². The lowest BCUT2D eigenvalue weighted by Gasteiger charge is -2.33. The summed E-state index contributed by atoms with van der Waals surface area (Å²) >= 11 is 0. The van der Waals surface area contributed by atoms with Crippen molar-refractivity contribution in [2.45, 2.75) is 25.3 Å². The molecule has 2 aromatic heterocycles. The largest absolute Gasteiger partial charge is 0.397 e. The molecule has 1 aromatic carbocycles. The molecule has 3 heterocycles. The lowest BCUT2D eigenvalue weighted by Crippen LogP contribution is -2.43. The van der Waals surface area contributed by atoms with E-state index >= 15 is 0 Å². The Hall–Kier alpha value is -3.32. The number of carbonyl (C=O) groups is 1. The lowest BCUT2D eigenvalue weighted by molar-refractivity contribution is 0.0989. The van der Waals surface area contributed by atoms with E-state index in [1.54, 1.807) is 42.7 Å². The molecule has 0 aliphatic carbocycles. The predicted octanol–water partition coefficient (Wildman–Crippen LogP) is 3.22. The van der Waals surface area contributed by atoms with Gasteiger partial charge in [0.15, 0.2) is 5.78 Å². The zero-order chi connectivity index (χ0) is 21.1. The van der Waals surface area contributed by atoms with E-state index in [4.69, 9.17) is 11.5 Å². The molecule has 30 heavy (non-hydrogen) atoms. The molecule has 0 unspecified atom stereocenters. The van der Waals surface area contributed by atoms with Crippen LogP contribution in [0.2, 0.25) is 0 Å². The van der Waals surface area contributed by atoms with Gasteiger partial charge in [-0.1, -0.05) is 12.1 Å². The van der Waals surface area contributed by atoms with Crippen molar-refractivity contribution in [2.75, 3.05) is 23.7 Å². The van der Waals surface area contributed by atoms with Gasteiger partial charge in [0, 0.05) is 54.8 Å². The van der Waals surface area contributed by atoms with Crippen molar-refractivity contribution < 1.29 is 9.18 Å². The number of rotatable bonds is 5.